The number of fused-ring (bicyclic) bond motifs is 3. The van der Waals surface area contributed by atoms with Gasteiger partial charge in [0.25, 0.3) is 0 Å². The third-order valence-electron chi connectivity index (χ3n) is 5.23. The van der Waals surface area contributed by atoms with Crippen LogP contribution in [0.25, 0.3) is 0 Å². The monoisotopic (exact) mass is 253 g/mol. The zero-order valence-corrected chi connectivity index (χ0v) is 11.8. The van der Waals surface area contributed by atoms with Gasteiger partial charge in [0.2, 0.25) is 0 Å². The van der Waals surface area contributed by atoms with E-state index in [0.717, 1.165) is 30.4 Å². The Morgan fingerprint density at radius 3 is 2.68 bits per heavy atom. The fourth-order valence-corrected chi connectivity index (χ4v) is 4.45. The fraction of sp³-hybridized carbons (Fsp3) is 0.529. The molecule has 2 atom stereocenters. The molecule has 98 valence electrons. The molecule has 2 aliphatic carbocycles. The van der Waals surface area contributed by atoms with Gasteiger partial charge in [-0.05, 0) is 42.0 Å². The van der Waals surface area contributed by atoms with Crippen LogP contribution in [-0.2, 0) is 5.41 Å². The van der Waals surface area contributed by atoms with E-state index in [2.05, 4.69) is 26.8 Å². The highest BCUT2D eigenvalue weighted by molar-refractivity contribution is 6.04. The summed E-state index contributed by atoms with van der Waals surface area (Å²) in [7, 11) is 0. The standard InChI is InChI=1S/C17H19NO/c1-16(2)7-4-8-17(3)13-9-11(10-18)5-6-12(13)14(19)15(16)17/h5-6,9,15H,4,7-8H2,1-3H3/t15-,17-/m0/s1. The van der Waals surface area contributed by atoms with E-state index in [1.165, 1.54) is 0 Å². The van der Waals surface area contributed by atoms with Crippen molar-refractivity contribution in [2.24, 2.45) is 11.3 Å². The van der Waals surface area contributed by atoms with E-state index in [9.17, 15) is 4.79 Å². The zero-order valence-electron chi connectivity index (χ0n) is 11.8. The van der Waals surface area contributed by atoms with Gasteiger partial charge in [0.15, 0.2) is 5.78 Å². The molecule has 2 heteroatoms. The van der Waals surface area contributed by atoms with Gasteiger partial charge in [0, 0.05) is 16.9 Å². The van der Waals surface area contributed by atoms with E-state index in [0.29, 0.717) is 5.56 Å². The van der Waals surface area contributed by atoms with E-state index in [-0.39, 0.29) is 22.5 Å². The van der Waals surface area contributed by atoms with Gasteiger partial charge >= 0.3 is 0 Å². The van der Waals surface area contributed by atoms with Gasteiger partial charge in [-0.15, -0.1) is 0 Å². The highest BCUT2D eigenvalue weighted by atomic mass is 16.1. The molecular formula is C17H19NO. The molecule has 2 aliphatic rings. The van der Waals surface area contributed by atoms with Crippen molar-refractivity contribution in [2.45, 2.75) is 45.4 Å². The maximum atomic E-state index is 12.8. The minimum atomic E-state index is -0.0823. The fourth-order valence-electron chi connectivity index (χ4n) is 4.45. The lowest BCUT2D eigenvalue weighted by atomic mass is 9.56. The van der Waals surface area contributed by atoms with Gasteiger partial charge < -0.3 is 0 Å². The number of Topliss-reactive ketones (excluding diaryl/α,β-unsaturated/α-hetero) is 1. The van der Waals surface area contributed by atoms with E-state index in [1.807, 2.05) is 12.1 Å². The van der Waals surface area contributed by atoms with E-state index in [1.54, 1.807) is 6.07 Å². The molecule has 2 nitrogen and oxygen atoms in total. The Bertz CT molecular complexity index is 608. The second-order valence-electron chi connectivity index (χ2n) is 6.93. The van der Waals surface area contributed by atoms with Crippen LogP contribution in [0.2, 0.25) is 0 Å². The molecular weight excluding hydrogens is 234 g/mol. The van der Waals surface area contributed by atoms with Crippen molar-refractivity contribution in [3.63, 3.8) is 0 Å². The summed E-state index contributed by atoms with van der Waals surface area (Å²) in [6.45, 7) is 6.64. The van der Waals surface area contributed by atoms with Crippen molar-refractivity contribution in [1.82, 2.24) is 0 Å². The number of ketones is 1. The van der Waals surface area contributed by atoms with Crippen LogP contribution >= 0.6 is 0 Å². The van der Waals surface area contributed by atoms with Crippen LogP contribution < -0.4 is 0 Å². The summed E-state index contributed by atoms with van der Waals surface area (Å²) in [5.74, 6) is 0.351. The van der Waals surface area contributed by atoms with Crippen molar-refractivity contribution >= 4 is 5.78 Å². The quantitative estimate of drug-likeness (QED) is 0.705. The summed E-state index contributed by atoms with van der Waals surface area (Å²) in [5, 5.41) is 9.08. The van der Waals surface area contributed by atoms with Gasteiger partial charge in [0.1, 0.15) is 0 Å². The lowest BCUT2D eigenvalue weighted by Crippen LogP contribution is -2.44. The minimum absolute atomic E-state index is 0.0515. The molecule has 0 bridgehead atoms. The van der Waals surface area contributed by atoms with Gasteiger partial charge in [0.05, 0.1) is 11.6 Å². The van der Waals surface area contributed by atoms with E-state index >= 15 is 0 Å². The largest absolute Gasteiger partial charge is 0.294 e. The minimum Gasteiger partial charge on any atom is -0.294 e. The average Bonchev–Trinajstić information content (AvgIpc) is 2.58. The van der Waals surface area contributed by atoms with Crippen LogP contribution in [-0.4, -0.2) is 5.78 Å². The Morgan fingerprint density at radius 2 is 2.00 bits per heavy atom. The molecule has 1 aromatic carbocycles. The molecule has 1 aromatic rings. The molecule has 3 rings (SSSR count). The second kappa shape index (κ2) is 3.70. The normalized spacial score (nSPS) is 31.5. The number of benzene rings is 1. The molecule has 0 heterocycles. The van der Waals surface area contributed by atoms with Crippen molar-refractivity contribution in [2.75, 3.05) is 0 Å². The first-order valence-corrected chi connectivity index (χ1v) is 6.99. The summed E-state index contributed by atoms with van der Waals surface area (Å²) in [6.07, 6.45) is 3.32. The second-order valence-corrected chi connectivity index (χ2v) is 6.93. The van der Waals surface area contributed by atoms with E-state index in [4.69, 9.17) is 5.26 Å². The van der Waals surface area contributed by atoms with Crippen molar-refractivity contribution < 1.29 is 4.79 Å². The molecule has 0 radical (unpaired) electrons. The summed E-state index contributed by atoms with van der Waals surface area (Å²) in [6, 6.07) is 7.76. The van der Waals surface area contributed by atoms with Gasteiger partial charge in [-0.1, -0.05) is 27.2 Å². The third-order valence-corrected chi connectivity index (χ3v) is 5.23. The molecule has 0 spiro atoms. The van der Waals surface area contributed by atoms with Crippen LogP contribution in [0.15, 0.2) is 18.2 Å². The maximum Gasteiger partial charge on any atom is 0.167 e. The number of nitriles is 1. The van der Waals surface area contributed by atoms with Gasteiger partial charge in [-0.3, -0.25) is 4.79 Å². The lowest BCUT2D eigenvalue weighted by molar-refractivity contribution is 0.0500. The van der Waals surface area contributed by atoms with Gasteiger partial charge in [-0.2, -0.15) is 5.26 Å². The van der Waals surface area contributed by atoms with Gasteiger partial charge in [-0.25, -0.2) is 0 Å². The van der Waals surface area contributed by atoms with Crippen LogP contribution in [0, 0.1) is 22.7 Å². The summed E-state index contributed by atoms with van der Waals surface area (Å²) in [5.41, 5.74) is 2.59. The van der Waals surface area contributed by atoms with Crippen LogP contribution in [0.4, 0.5) is 0 Å². The van der Waals surface area contributed by atoms with Crippen molar-refractivity contribution in [3.8, 4) is 6.07 Å². The number of hydrogen-bond donors (Lipinski definition) is 0. The Morgan fingerprint density at radius 1 is 1.26 bits per heavy atom. The van der Waals surface area contributed by atoms with Crippen LogP contribution in [0.5, 0.6) is 0 Å². The van der Waals surface area contributed by atoms with E-state index < -0.39 is 0 Å². The number of carbonyl (C=O) groups is 1. The molecule has 1 saturated carbocycles. The van der Waals surface area contributed by atoms with Crippen molar-refractivity contribution in [1.29, 1.82) is 5.26 Å². The Hall–Kier alpha value is -1.62. The first-order valence-electron chi connectivity index (χ1n) is 6.99. The molecule has 1 fully saturated rings. The van der Waals surface area contributed by atoms with Crippen LogP contribution in [0.1, 0.15) is 61.5 Å². The number of hydrogen-bond acceptors (Lipinski definition) is 2. The number of nitrogens with zero attached hydrogens (tertiary/aromatic N) is 1. The summed E-state index contributed by atoms with van der Waals surface area (Å²) < 4.78 is 0. The summed E-state index contributed by atoms with van der Waals surface area (Å²) in [4.78, 5) is 12.8. The highest BCUT2D eigenvalue weighted by Crippen LogP contribution is 2.58. The molecule has 19 heavy (non-hydrogen) atoms. The topological polar surface area (TPSA) is 40.9 Å². The summed E-state index contributed by atoms with van der Waals surface area (Å²) >= 11 is 0. The van der Waals surface area contributed by atoms with Crippen molar-refractivity contribution in [3.05, 3.63) is 34.9 Å². The average molecular weight is 253 g/mol. The lowest BCUT2D eigenvalue weighted by Gasteiger charge is -2.46. The predicted molar refractivity (Wildman–Crippen MR) is 74.0 cm³/mol. The first kappa shape index (κ1) is 12.4. The predicted octanol–water partition coefficient (Wildman–Crippen LogP) is 3.84. The Kier molecular flexibility index (Phi) is 2.41. The SMILES string of the molecule is CC1(C)CCC[C@@]2(C)c3cc(C#N)ccc3C(=O)[C@@H]12. The molecule has 0 aromatic heterocycles. The first-order chi connectivity index (χ1) is 8.90. The Balaban J connectivity index is 2.23. The Labute approximate surface area is 114 Å². The third kappa shape index (κ3) is 1.51. The molecule has 0 saturated heterocycles. The molecule has 0 aliphatic heterocycles. The molecule has 0 amide bonds. The zero-order chi connectivity index (χ0) is 13.8. The highest BCUT2D eigenvalue weighted by Gasteiger charge is 2.56. The number of carbonyl (C=O) groups excluding carboxylic acids is 1. The number of rotatable bonds is 0. The maximum absolute atomic E-state index is 12.8. The smallest absolute Gasteiger partial charge is 0.167 e. The molecule has 0 N–H and O–H groups in total. The molecule has 0 unspecified atom stereocenters. The van der Waals surface area contributed by atoms with Crippen LogP contribution in [0.3, 0.4) is 0 Å².